The fourth-order valence-corrected chi connectivity index (χ4v) is 4.39. The number of likely N-dealkylation sites (tertiary alicyclic amines) is 2. The van der Waals surface area contributed by atoms with Crippen molar-refractivity contribution in [2.24, 2.45) is 7.05 Å². The normalized spacial score (nSPS) is 23.5. The second-order valence-electron chi connectivity index (χ2n) is 7.46. The van der Waals surface area contributed by atoms with E-state index in [-0.39, 0.29) is 17.4 Å². The van der Waals surface area contributed by atoms with Crippen LogP contribution in [0.3, 0.4) is 0 Å². The highest BCUT2D eigenvalue weighted by molar-refractivity contribution is 5.86. The van der Waals surface area contributed by atoms with E-state index in [2.05, 4.69) is 21.2 Å². The fourth-order valence-electron chi connectivity index (χ4n) is 4.39. The SMILES string of the molecule is CN1C(=O)C(c2cccnc2)CC12CCN(Cc1cnn(C)c1)CC2. The Morgan fingerprint density at radius 2 is 2.04 bits per heavy atom. The summed E-state index contributed by atoms with van der Waals surface area (Å²) in [6, 6.07) is 3.95. The van der Waals surface area contributed by atoms with E-state index in [1.807, 2.05) is 48.2 Å². The number of hydrogen-bond acceptors (Lipinski definition) is 4. The van der Waals surface area contributed by atoms with Crippen LogP contribution in [-0.2, 0) is 18.4 Å². The molecule has 0 aliphatic carbocycles. The zero-order valence-electron chi connectivity index (χ0n) is 14.9. The standard InChI is InChI=1S/C19H25N5O/c1-22-13-15(11-21-22)14-24-8-5-19(6-9-24)10-17(18(25)23(19)2)16-4-3-7-20-12-16/h3-4,7,11-13,17H,5-6,8-10,14H2,1-2H3. The average Bonchev–Trinajstić information content (AvgIpc) is 3.15. The lowest BCUT2D eigenvalue weighted by atomic mass is 9.81. The summed E-state index contributed by atoms with van der Waals surface area (Å²) in [5.74, 6) is 0.206. The highest BCUT2D eigenvalue weighted by Gasteiger charge is 2.50. The van der Waals surface area contributed by atoms with Gasteiger partial charge in [-0.1, -0.05) is 6.07 Å². The van der Waals surface area contributed by atoms with Crippen LogP contribution >= 0.6 is 0 Å². The van der Waals surface area contributed by atoms with E-state index in [1.54, 1.807) is 6.20 Å². The van der Waals surface area contributed by atoms with Crippen LogP contribution in [0, 0.1) is 0 Å². The maximum Gasteiger partial charge on any atom is 0.230 e. The molecule has 6 heteroatoms. The van der Waals surface area contributed by atoms with E-state index >= 15 is 0 Å². The Balaban J connectivity index is 1.44. The zero-order chi connectivity index (χ0) is 17.4. The number of amides is 1. The molecule has 2 saturated heterocycles. The maximum absolute atomic E-state index is 12.8. The van der Waals surface area contributed by atoms with Gasteiger partial charge in [-0.3, -0.25) is 19.4 Å². The number of likely N-dealkylation sites (N-methyl/N-ethyl adjacent to an activating group) is 1. The minimum Gasteiger partial charge on any atom is -0.339 e. The quantitative estimate of drug-likeness (QED) is 0.856. The smallest absolute Gasteiger partial charge is 0.230 e. The van der Waals surface area contributed by atoms with Crippen molar-refractivity contribution in [1.29, 1.82) is 0 Å². The summed E-state index contributed by atoms with van der Waals surface area (Å²) < 4.78 is 1.85. The monoisotopic (exact) mass is 339 g/mol. The van der Waals surface area contributed by atoms with E-state index in [4.69, 9.17) is 0 Å². The molecule has 4 heterocycles. The number of rotatable bonds is 3. The number of carbonyl (C=O) groups excluding carboxylic acids is 1. The lowest BCUT2D eigenvalue weighted by Gasteiger charge is -2.43. The first-order chi connectivity index (χ1) is 12.1. The molecule has 1 amide bonds. The summed E-state index contributed by atoms with van der Waals surface area (Å²) in [7, 11) is 3.93. The highest BCUT2D eigenvalue weighted by atomic mass is 16.2. The van der Waals surface area contributed by atoms with Crippen molar-refractivity contribution in [2.45, 2.75) is 37.3 Å². The second-order valence-corrected chi connectivity index (χ2v) is 7.46. The van der Waals surface area contributed by atoms with Crippen LogP contribution in [0.5, 0.6) is 0 Å². The van der Waals surface area contributed by atoms with Gasteiger partial charge in [0.05, 0.1) is 12.1 Å². The van der Waals surface area contributed by atoms with Gasteiger partial charge in [0.1, 0.15) is 0 Å². The number of hydrogen-bond donors (Lipinski definition) is 0. The number of pyridine rings is 1. The fraction of sp³-hybridized carbons (Fsp3) is 0.526. The Morgan fingerprint density at radius 3 is 2.68 bits per heavy atom. The van der Waals surface area contributed by atoms with Gasteiger partial charge in [-0.25, -0.2) is 0 Å². The average molecular weight is 339 g/mol. The number of aromatic nitrogens is 3. The first-order valence-electron chi connectivity index (χ1n) is 8.95. The lowest BCUT2D eigenvalue weighted by Crippen LogP contribution is -2.51. The third kappa shape index (κ3) is 2.95. The molecule has 0 saturated carbocycles. The number of nitrogens with zero attached hydrogens (tertiary/aromatic N) is 5. The van der Waals surface area contributed by atoms with Crippen LogP contribution in [0.15, 0.2) is 36.9 Å². The van der Waals surface area contributed by atoms with Crippen molar-refractivity contribution in [2.75, 3.05) is 20.1 Å². The molecule has 0 N–H and O–H groups in total. The zero-order valence-corrected chi connectivity index (χ0v) is 14.9. The van der Waals surface area contributed by atoms with Gasteiger partial charge in [0.15, 0.2) is 0 Å². The highest BCUT2D eigenvalue weighted by Crippen LogP contribution is 2.44. The first-order valence-corrected chi connectivity index (χ1v) is 8.95. The Kier molecular flexibility index (Phi) is 4.07. The molecular weight excluding hydrogens is 314 g/mol. The molecule has 1 spiro atoms. The van der Waals surface area contributed by atoms with Gasteiger partial charge in [0.2, 0.25) is 5.91 Å². The molecule has 4 rings (SSSR count). The van der Waals surface area contributed by atoms with Crippen LogP contribution in [0.4, 0.5) is 0 Å². The largest absolute Gasteiger partial charge is 0.339 e. The second kappa shape index (κ2) is 6.26. The number of piperidine rings is 1. The third-order valence-corrected chi connectivity index (χ3v) is 5.96. The minimum atomic E-state index is -0.0384. The maximum atomic E-state index is 12.8. The predicted octanol–water partition coefficient (Wildman–Crippen LogP) is 1.80. The van der Waals surface area contributed by atoms with Crippen molar-refractivity contribution in [3.63, 3.8) is 0 Å². The van der Waals surface area contributed by atoms with Crippen LogP contribution in [0.1, 0.15) is 36.3 Å². The van der Waals surface area contributed by atoms with Gasteiger partial charge >= 0.3 is 0 Å². The molecule has 0 aromatic carbocycles. The van der Waals surface area contributed by atoms with Crippen molar-refractivity contribution < 1.29 is 4.79 Å². The van der Waals surface area contributed by atoms with Crippen LogP contribution in [-0.4, -0.2) is 56.1 Å². The van der Waals surface area contributed by atoms with Crippen molar-refractivity contribution >= 4 is 5.91 Å². The summed E-state index contributed by atoms with van der Waals surface area (Å²) >= 11 is 0. The molecule has 0 bridgehead atoms. The van der Waals surface area contributed by atoms with Crippen molar-refractivity contribution in [3.05, 3.63) is 48.0 Å². The summed E-state index contributed by atoms with van der Waals surface area (Å²) in [5, 5.41) is 4.25. The Morgan fingerprint density at radius 1 is 1.24 bits per heavy atom. The van der Waals surface area contributed by atoms with E-state index in [1.165, 1.54) is 5.56 Å². The van der Waals surface area contributed by atoms with Gasteiger partial charge in [-0.15, -0.1) is 0 Å². The summed E-state index contributed by atoms with van der Waals surface area (Å²) in [5.41, 5.74) is 2.31. The third-order valence-electron chi connectivity index (χ3n) is 5.96. The molecule has 2 aliphatic rings. The van der Waals surface area contributed by atoms with Crippen molar-refractivity contribution in [1.82, 2.24) is 24.6 Å². The van der Waals surface area contributed by atoms with E-state index < -0.39 is 0 Å². The summed E-state index contributed by atoms with van der Waals surface area (Å²) in [6.07, 6.45) is 10.6. The first kappa shape index (κ1) is 16.3. The summed E-state index contributed by atoms with van der Waals surface area (Å²) in [6.45, 7) is 2.98. The molecular formula is C19H25N5O. The molecule has 1 atom stereocenters. The molecule has 2 fully saturated rings. The van der Waals surface area contributed by atoms with Crippen molar-refractivity contribution in [3.8, 4) is 0 Å². The predicted molar refractivity (Wildman–Crippen MR) is 94.8 cm³/mol. The van der Waals surface area contributed by atoms with Crippen LogP contribution < -0.4 is 0 Å². The number of aryl methyl sites for hydroxylation is 1. The van der Waals surface area contributed by atoms with E-state index in [9.17, 15) is 4.79 Å². The van der Waals surface area contributed by atoms with Gasteiger partial charge < -0.3 is 4.90 Å². The topological polar surface area (TPSA) is 54.3 Å². The molecule has 0 radical (unpaired) electrons. The molecule has 2 aromatic rings. The van der Waals surface area contributed by atoms with E-state index in [0.29, 0.717) is 0 Å². The molecule has 2 aliphatic heterocycles. The van der Waals surface area contributed by atoms with E-state index in [0.717, 1.165) is 44.5 Å². The van der Waals surface area contributed by atoms with Gasteiger partial charge in [0, 0.05) is 63.4 Å². The molecule has 25 heavy (non-hydrogen) atoms. The van der Waals surface area contributed by atoms with Gasteiger partial charge in [-0.05, 0) is 30.9 Å². The Labute approximate surface area is 148 Å². The molecule has 132 valence electrons. The Hall–Kier alpha value is -2.21. The van der Waals surface area contributed by atoms with Crippen LogP contribution in [0.25, 0.3) is 0 Å². The lowest BCUT2D eigenvalue weighted by molar-refractivity contribution is -0.131. The van der Waals surface area contributed by atoms with Gasteiger partial charge in [0.25, 0.3) is 0 Å². The summed E-state index contributed by atoms with van der Waals surface area (Å²) in [4.78, 5) is 21.5. The molecule has 1 unspecified atom stereocenters. The van der Waals surface area contributed by atoms with Crippen LogP contribution in [0.2, 0.25) is 0 Å². The molecule has 2 aromatic heterocycles. The number of carbonyl (C=O) groups is 1. The minimum absolute atomic E-state index is 0.00301. The van der Waals surface area contributed by atoms with Gasteiger partial charge in [-0.2, -0.15) is 5.10 Å². The Bertz CT molecular complexity index is 748. The molecule has 6 nitrogen and oxygen atoms in total.